The number of nitrogens with zero attached hydrogens (tertiary/aromatic N) is 3. The summed E-state index contributed by atoms with van der Waals surface area (Å²) in [6, 6.07) is 30.7. The number of hydrogen-bond acceptors (Lipinski definition) is 9. The Labute approximate surface area is 356 Å². The topological polar surface area (TPSA) is 132 Å². The number of imide groups is 2. The van der Waals surface area contributed by atoms with E-state index in [2.05, 4.69) is 44.7 Å². The van der Waals surface area contributed by atoms with Gasteiger partial charge in [0.15, 0.2) is 0 Å². The number of phenols is 1. The van der Waals surface area contributed by atoms with Crippen LogP contribution in [0.4, 0.5) is 5.69 Å². The zero-order valence-corrected chi connectivity index (χ0v) is 34.5. The summed E-state index contributed by atoms with van der Waals surface area (Å²) in [7, 11) is 0. The minimum atomic E-state index is -0.969. The maximum atomic E-state index is 13.4. The summed E-state index contributed by atoms with van der Waals surface area (Å²) in [4.78, 5) is 56.5. The highest BCUT2D eigenvalue weighted by Crippen LogP contribution is 2.36. The fourth-order valence-corrected chi connectivity index (χ4v) is 9.27. The first-order valence-corrected chi connectivity index (χ1v) is 21.7. The summed E-state index contributed by atoms with van der Waals surface area (Å²) in [6.45, 7) is 6.18. The molecule has 0 saturated carbocycles. The average Bonchev–Trinajstić information content (AvgIpc) is 3.52. The minimum Gasteiger partial charge on any atom is -0.508 e. The third-order valence-corrected chi connectivity index (χ3v) is 12.5. The number of fused-ring (bicyclic) bond motifs is 1. The third-order valence-electron chi connectivity index (χ3n) is 12.4. The molecule has 2 atom stereocenters. The van der Waals surface area contributed by atoms with E-state index in [1.807, 2.05) is 48.5 Å². The van der Waals surface area contributed by atoms with Crippen molar-refractivity contribution >= 4 is 52.1 Å². The van der Waals surface area contributed by atoms with Gasteiger partial charge in [-0.3, -0.25) is 34.3 Å². The molecule has 11 nitrogen and oxygen atoms in total. The summed E-state index contributed by atoms with van der Waals surface area (Å²) in [5.74, 6) is 0.206. The first kappa shape index (κ1) is 41.3. The maximum absolute atomic E-state index is 13.4. The smallest absolute Gasteiger partial charge is 0.262 e. The van der Waals surface area contributed by atoms with Gasteiger partial charge in [0.1, 0.15) is 24.1 Å². The molecule has 4 aromatic carbocycles. The van der Waals surface area contributed by atoms with Crippen LogP contribution in [0.25, 0.3) is 11.1 Å². The number of carbonyl (C=O) groups is 4. The Hall–Kier alpha value is -5.49. The molecule has 0 aromatic heterocycles. The number of alkyl halides is 1. The molecule has 3 fully saturated rings. The summed E-state index contributed by atoms with van der Waals surface area (Å²) in [5.41, 5.74) is 6.95. The first-order valence-electron chi connectivity index (χ1n) is 21.2. The van der Waals surface area contributed by atoms with Crippen LogP contribution in [0.5, 0.6) is 11.5 Å². The first-order chi connectivity index (χ1) is 29.2. The molecule has 4 heterocycles. The van der Waals surface area contributed by atoms with Crippen molar-refractivity contribution in [3.8, 4) is 11.5 Å². The molecule has 60 heavy (non-hydrogen) atoms. The van der Waals surface area contributed by atoms with E-state index in [4.69, 9.17) is 16.3 Å². The lowest BCUT2D eigenvalue weighted by molar-refractivity contribution is -0.136. The van der Waals surface area contributed by atoms with Crippen LogP contribution < -0.4 is 20.3 Å². The van der Waals surface area contributed by atoms with Crippen LogP contribution >= 0.6 is 11.6 Å². The van der Waals surface area contributed by atoms with Gasteiger partial charge in [-0.15, -0.1) is 11.6 Å². The molecule has 8 rings (SSSR count). The van der Waals surface area contributed by atoms with E-state index in [-0.39, 0.29) is 24.5 Å². The van der Waals surface area contributed by atoms with E-state index in [0.29, 0.717) is 42.0 Å². The van der Waals surface area contributed by atoms with Crippen LogP contribution in [0.1, 0.15) is 82.4 Å². The highest BCUT2D eigenvalue weighted by molar-refractivity contribution is 6.23. The molecule has 4 aromatic rings. The number of ether oxygens (including phenoxy) is 1. The Balaban J connectivity index is 0.798. The van der Waals surface area contributed by atoms with Crippen LogP contribution in [0.15, 0.2) is 97.1 Å². The lowest BCUT2D eigenvalue weighted by atomic mass is 9.88. The Morgan fingerprint density at radius 2 is 1.52 bits per heavy atom. The average molecular weight is 830 g/mol. The second kappa shape index (κ2) is 18.8. The second-order valence-electron chi connectivity index (χ2n) is 16.2. The number of phenolic OH excluding ortho intramolecular Hbond substituents is 1. The highest BCUT2D eigenvalue weighted by Gasteiger charge is 2.45. The Kier molecular flexibility index (Phi) is 12.9. The Bertz CT molecular complexity index is 2220. The molecule has 312 valence electrons. The van der Waals surface area contributed by atoms with Gasteiger partial charge in [0.2, 0.25) is 11.8 Å². The van der Waals surface area contributed by atoms with E-state index in [1.165, 1.54) is 0 Å². The van der Waals surface area contributed by atoms with E-state index < -0.39 is 23.8 Å². The maximum Gasteiger partial charge on any atom is 0.262 e. The molecule has 3 saturated heterocycles. The van der Waals surface area contributed by atoms with Gasteiger partial charge in [0, 0.05) is 43.7 Å². The van der Waals surface area contributed by atoms with Crippen LogP contribution in [-0.2, 0) is 9.59 Å². The number of piperidine rings is 3. The lowest BCUT2D eigenvalue weighted by Gasteiger charge is -2.37. The van der Waals surface area contributed by atoms with Gasteiger partial charge < -0.3 is 20.1 Å². The van der Waals surface area contributed by atoms with E-state index >= 15 is 0 Å². The summed E-state index contributed by atoms with van der Waals surface area (Å²) in [6.07, 6.45) is 5.29. The zero-order chi connectivity index (χ0) is 41.6. The van der Waals surface area contributed by atoms with E-state index in [1.54, 1.807) is 24.3 Å². The largest absolute Gasteiger partial charge is 0.508 e. The molecule has 3 N–H and O–H groups in total. The van der Waals surface area contributed by atoms with Gasteiger partial charge in [-0.05, 0) is 134 Å². The van der Waals surface area contributed by atoms with Gasteiger partial charge in [-0.25, -0.2) is 0 Å². The number of nitrogens with one attached hydrogen (secondary N) is 2. The molecule has 0 bridgehead atoms. The fraction of sp³-hybridized carbons (Fsp3) is 0.375. The zero-order valence-electron chi connectivity index (χ0n) is 33.8. The van der Waals surface area contributed by atoms with Gasteiger partial charge in [-0.2, -0.15) is 0 Å². The number of halogens is 1. The number of hydrogen-bond donors (Lipinski definition) is 3. The number of carbonyl (C=O) groups excluding carboxylic acids is 4. The number of benzene rings is 4. The summed E-state index contributed by atoms with van der Waals surface area (Å²) in [5, 5.41) is 16.1. The fourth-order valence-electron chi connectivity index (χ4n) is 9.08. The molecular formula is C48H52ClN5O6. The number of likely N-dealkylation sites (tertiary alicyclic amines) is 1. The van der Waals surface area contributed by atoms with Crippen LogP contribution in [0, 0.1) is 5.92 Å². The quantitative estimate of drug-likeness (QED) is 0.0720. The number of allylic oxidation sites excluding steroid dienone is 1. The Morgan fingerprint density at radius 1 is 0.800 bits per heavy atom. The van der Waals surface area contributed by atoms with Crippen molar-refractivity contribution in [1.82, 2.24) is 20.4 Å². The number of amides is 4. The van der Waals surface area contributed by atoms with Gasteiger partial charge in [0.05, 0.1) is 11.1 Å². The predicted molar refractivity (Wildman–Crippen MR) is 233 cm³/mol. The van der Waals surface area contributed by atoms with E-state index in [0.717, 1.165) is 109 Å². The molecule has 4 amide bonds. The van der Waals surface area contributed by atoms with Crippen molar-refractivity contribution < 1.29 is 29.0 Å². The SMILES string of the molecule is O=C1CCC(N2C(=O)c3ccc(N4CCCC(NCC5CCN(CCOc6ccc(C(=C(CCCl)c7ccccc7)c7ccc(O)cc7)cc6)CC5)C4)cc3C2=O)C(=O)N1. The molecule has 2 unspecified atom stereocenters. The molecular weight excluding hydrogens is 778 g/mol. The van der Waals surface area contributed by atoms with Crippen molar-refractivity contribution in [1.29, 1.82) is 0 Å². The molecule has 0 aliphatic carbocycles. The lowest BCUT2D eigenvalue weighted by Crippen LogP contribution is -2.54. The normalized spacial score (nSPS) is 20.6. The van der Waals surface area contributed by atoms with Crippen molar-refractivity contribution in [2.75, 3.05) is 56.7 Å². The van der Waals surface area contributed by atoms with Crippen LogP contribution in [0.3, 0.4) is 0 Å². The predicted octanol–water partition coefficient (Wildman–Crippen LogP) is 6.73. The van der Waals surface area contributed by atoms with Crippen molar-refractivity contribution in [3.63, 3.8) is 0 Å². The van der Waals surface area contributed by atoms with Gasteiger partial charge >= 0.3 is 0 Å². The van der Waals surface area contributed by atoms with Gasteiger partial charge in [0.25, 0.3) is 11.8 Å². The molecule has 0 spiro atoms. The third kappa shape index (κ3) is 9.28. The molecule has 4 aliphatic heterocycles. The standard InChI is InChI=1S/C48H52ClN5O6/c49-23-20-40(33-5-2-1-3-6-33)45(34-8-13-38(55)14-9-34)35-10-15-39(16-11-35)60-28-27-52-25-21-32(22-26-52)30-50-36-7-4-24-53(31-36)37-12-17-41-42(29-37)48(59)54(47(41)58)43-18-19-44(56)51-46(43)57/h1-3,5-6,8-17,29,32,36,43,50,55H,4,7,18-28,30-31H2,(H,51,56,57). The van der Waals surface area contributed by atoms with Crippen molar-refractivity contribution in [2.24, 2.45) is 5.92 Å². The van der Waals surface area contributed by atoms with E-state index in [9.17, 15) is 24.3 Å². The van der Waals surface area contributed by atoms with Gasteiger partial charge in [-0.1, -0.05) is 54.6 Å². The minimum absolute atomic E-state index is 0.0968. The number of aromatic hydroxyl groups is 1. The molecule has 0 radical (unpaired) electrons. The van der Waals surface area contributed by atoms with Crippen LogP contribution in [0.2, 0.25) is 0 Å². The Morgan fingerprint density at radius 3 is 2.23 bits per heavy atom. The number of rotatable bonds is 14. The molecule has 4 aliphatic rings. The van der Waals surface area contributed by atoms with Crippen molar-refractivity contribution in [3.05, 3.63) is 125 Å². The highest BCUT2D eigenvalue weighted by atomic mass is 35.5. The molecule has 12 heteroatoms. The monoisotopic (exact) mass is 829 g/mol. The number of anilines is 1. The van der Waals surface area contributed by atoms with Crippen molar-refractivity contribution in [2.45, 2.75) is 57.0 Å². The summed E-state index contributed by atoms with van der Waals surface area (Å²) < 4.78 is 6.24. The van der Waals surface area contributed by atoms with Crippen LogP contribution in [-0.4, -0.2) is 102 Å². The second-order valence-corrected chi connectivity index (χ2v) is 16.6. The summed E-state index contributed by atoms with van der Waals surface area (Å²) >= 11 is 6.33.